The molecule has 0 amide bonds. The molecule has 4 aliphatic carbocycles. The lowest BCUT2D eigenvalue weighted by Crippen LogP contribution is -2.51. The van der Waals surface area contributed by atoms with E-state index in [2.05, 4.69) is 59.4 Å². The van der Waals surface area contributed by atoms with Gasteiger partial charge in [-0.2, -0.15) is 0 Å². The van der Waals surface area contributed by atoms with Gasteiger partial charge in [-0.05, 0) is 118 Å². The second-order valence-electron chi connectivity index (χ2n) is 16.3. The van der Waals surface area contributed by atoms with Crippen LogP contribution in [0.15, 0.2) is 11.6 Å². The van der Waals surface area contributed by atoms with E-state index in [-0.39, 0.29) is 32.5 Å². The van der Waals surface area contributed by atoms with Gasteiger partial charge in [0.25, 0.3) is 0 Å². The fourth-order valence-corrected chi connectivity index (χ4v) is 9.93. The Morgan fingerprint density at radius 2 is 1.76 bits per heavy atom. The standard InChI is InChI=1S/C28H44O3.C7H16N2O.C4H10.2H2/c1-6-7-18(2)23-10-11-24-22-9-8-20-17-21(31-26(30)16-19(3)29)12-14-27(20,4)25(22)13-15-28(23,24)5;8-2-1-3-9-4-6-10-7-5-9;1-4(2)3;;/h8,18,21-25H,6-7,9-17H2,1-5H3;1-8H2;4H,1-3H3;2*1H/t18-,21+,22?,23?,24?,25?,27+,28-;;;;/m1..../s1. The third-order valence-electron chi connectivity index (χ3n) is 12.0. The van der Waals surface area contributed by atoms with Gasteiger partial charge in [-0.15, -0.1) is 0 Å². The molecule has 264 valence electrons. The molecule has 0 aromatic heterocycles. The van der Waals surface area contributed by atoms with Gasteiger partial charge in [0, 0.05) is 22.4 Å². The van der Waals surface area contributed by atoms with E-state index in [0.717, 1.165) is 101 Å². The van der Waals surface area contributed by atoms with Crippen molar-refractivity contribution in [2.75, 3.05) is 39.4 Å². The molecule has 45 heavy (non-hydrogen) atoms. The van der Waals surface area contributed by atoms with Gasteiger partial charge < -0.3 is 15.2 Å². The first-order chi connectivity index (χ1) is 21.3. The SMILES string of the molecule is CC(C)C.CCC[C@@H](C)C1CCC2C3CC=C4C[C@@H](OC(=O)CC(C)=O)CC[C@]4(C)C3CC[C@@]21C.NCCCN1CCOCC1.[HH].[HH]. The average Bonchev–Trinajstić information content (AvgIpc) is 3.34. The van der Waals surface area contributed by atoms with Crippen molar-refractivity contribution < 1.29 is 21.9 Å². The number of esters is 1. The topological polar surface area (TPSA) is 81.9 Å². The summed E-state index contributed by atoms with van der Waals surface area (Å²) in [6.07, 6.45) is 16.0. The summed E-state index contributed by atoms with van der Waals surface area (Å²) in [7, 11) is 0. The van der Waals surface area contributed by atoms with Gasteiger partial charge >= 0.3 is 5.97 Å². The van der Waals surface area contributed by atoms with Crippen LogP contribution in [-0.2, 0) is 19.1 Å². The third kappa shape index (κ3) is 10.1. The van der Waals surface area contributed by atoms with E-state index in [4.69, 9.17) is 15.2 Å². The number of hydrogen-bond donors (Lipinski definition) is 1. The van der Waals surface area contributed by atoms with Crippen LogP contribution >= 0.6 is 0 Å². The summed E-state index contributed by atoms with van der Waals surface area (Å²) in [5.74, 6) is 4.66. The van der Waals surface area contributed by atoms with Crippen LogP contribution in [-0.4, -0.2) is 62.1 Å². The Labute approximate surface area is 280 Å². The molecule has 2 N–H and O–H groups in total. The van der Waals surface area contributed by atoms with Gasteiger partial charge in [-0.1, -0.05) is 73.0 Å². The van der Waals surface area contributed by atoms with E-state index in [1.807, 2.05) is 0 Å². The molecule has 6 nitrogen and oxygen atoms in total. The summed E-state index contributed by atoms with van der Waals surface area (Å²) in [5, 5.41) is 0. The number of fused-ring (bicyclic) bond motifs is 5. The van der Waals surface area contributed by atoms with Gasteiger partial charge in [0.1, 0.15) is 18.3 Å². The van der Waals surface area contributed by atoms with Crippen LogP contribution < -0.4 is 5.73 Å². The van der Waals surface area contributed by atoms with Crippen LogP contribution in [0, 0.1) is 46.3 Å². The molecule has 6 heteroatoms. The van der Waals surface area contributed by atoms with Crippen LogP contribution in [0.25, 0.3) is 0 Å². The Bertz CT molecular complexity index is 968. The first-order valence-electron chi connectivity index (χ1n) is 18.7. The minimum Gasteiger partial charge on any atom is -0.462 e. The highest BCUT2D eigenvalue weighted by Gasteiger charge is 2.59. The smallest absolute Gasteiger partial charge is 0.313 e. The van der Waals surface area contributed by atoms with Crippen LogP contribution in [0.4, 0.5) is 0 Å². The van der Waals surface area contributed by atoms with Crippen molar-refractivity contribution in [3.8, 4) is 0 Å². The predicted octanol–water partition coefficient (Wildman–Crippen LogP) is 8.71. The number of Topliss-reactive ketones (excluding diaryl/α,β-unsaturated/α-hetero) is 1. The van der Waals surface area contributed by atoms with E-state index >= 15 is 0 Å². The summed E-state index contributed by atoms with van der Waals surface area (Å²) in [4.78, 5) is 25.7. The maximum Gasteiger partial charge on any atom is 0.313 e. The Morgan fingerprint density at radius 1 is 1.07 bits per heavy atom. The van der Waals surface area contributed by atoms with Crippen LogP contribution in [0.2, 0.25) is 0 Å². The molecule has 0 radical (unpaired) electrons. The normalized spacial score (nSPS) is 34.9. The molecular formula is C39H74N2O4. The first-order valence-corrected chi connectivity index (χ1v) is 18.7. The third-order valence-corrected chi connectivity index (χ3v) is 12.0. The largest absolute Gasteiger partial charge is 0.462 e. The molecule has 8 atom stereocenters. The van der Waals surface area contributed by atoms with Crippen molar-refractivity contribution in [1.82, 2.24) is 4.90 Å². The van der Waals surface area contributed by atoms with E-state index in [9.17, 15) is 9.59 Å². The van der Waals surface area contributed by atoms with E-state index < -0.39 is 0 Å². The number of ketones is 1. The van der Waals surface area contributed by atoms with Crippen molar-refractivity contribution >= 4 is 11.8 Å². The number of carbonyl (C=O) groups excluding carboxylic acids is 2. The lowest BCUT2D eigenvalue weighted by Gasteiger charge is -2.58. The highest BCUT2D eigenvalue weighted by molar-refractivity contribution is 5.94. The van der Waals surface area contributed by atoms with E-state index in [0.29, 0.717) is 5.41 Å². The Morgan fingerprint density at radius 3 is 2.38 bits per heavy atom. The summed E-state index contributed by atoms with van der Waals surface area (Å²) < 4.78 is 10.9. The molecule has 5 aliphatic rings. The second kappa shape index (κ2) is 17.8. The summed E-state index contributed by atoms with van der Waals surface area (Å²) in [6.45, 7) is 23.9. The molecule has 4 fully saturated rings. The summed E-state index contributed by atoms with van der Waals surface area (Å²) >= 11 is 0. The molecule has 1 aliphatic heterocycles. The lowest BCUT2D eigenvalue weighted by molar-refractivity contribution is -0.153. The van der Waals surface area contributed by atoms with Crippen molar-refractivity contribution in [2.45, 2.75) is 139 Å². The van der Waals surface area contributed by atoms with Crippen molar-refractivity contribution in [3.05, 3.63) is 11.6 Å². The highest BCUT2D eigenvalue weighted by Crippen LogP contribution is 2.67. The number of hydrogen-bond acceptors (Lipinski definition) is 6. The van der Waals surface area contributed by atoms with Crippen LogP contribution in [0.3, 0.4) is 0 Å². The maximum absolute atomic E-state index is 12.0. The number of ether oxygens (including phenoxy) is 2. The fraction of sp³-hybridized carbons (Fsp3) is 0.897. The maximum atomic E-state index is 12.0. The monoisotopic (exact) mass is 635 g/mol. The number of allylic oxidation sites excluding steroid dienone is 1. The number of nitrogens with zero attached hydrogens (tertiary/aromatic N) is 1. The Kier molecular flexibility index (Phi) is 15.1. The molecule has 0 aromatic rings. The number of morpholine rings is 1. The number of rotatable bonds is 9. The zero-order valence-electron chi connectivity index (χ0n) is 30.5. The summed E-state index contributed by atoms with van der Waals surface area (Å²) in [6, 6.07) is 0. The molecule has 1 heterocycles. The molecule has 0 spiro atoms. The van der Waals surface area contributed by atoms with Gasteiger partial charge in [0.15, 0.2) is 0 Å². The minimum absolute atomic E-state index is 0. The van der Waals surface area contributed by atoms with Gasteiger partial charge in [-0.25, -0.2) is 0 Å². The first kappa shape index (κ1) is 38.2. The lowest BCUT2D eigenvalue weighted by atomic mass is 9.47. The molecular weight excluding hydrogens is 560 g/mol. The van der Waals surface area contributed by atoms with Gasteiger partial charge in [0.05, 0.1) is 13.2 Å². The van der Waals surface area contributed by atoms with Gasteiger partial charge in [-0.3, -0.25) is 14.5 Å². The number of nitrogens with two attached hydrogens (primary N) is 1. The average molecular weight is 635 g/mol. The Hall–Kier alpha value is -1.24. The quantitative estimate of drug-likeness (QED) is 0.155. The van der Waals surface area contributed by atoms with Crippen molar-refractivity contribution in [3.63, 3.8) is 0 Å². The minimum atomic E-state index is -0.345. The molecule has 5 rings (SSSR count). The second-order valence-corrected chi connectivity index (χ2v) is 16.3. The van der Waals surface area contributed by atoms with Crippen LogP contribution in [0.5, 0.6) is 0 Å². The Balaban J connectivity index is 0.000000579. The van der Waals surface area contributed by atoms with E-state index in [1.54, 1.807) is 0 Å². The molecule has 0 bridgehead atoms. The van der Waals surface area contributed by atoms with Crippen molar-refractivity contribution in [1.29, 1.82) is 0 Å². The predicted molar refractivity (Wildman–Crippen MR) is 190 cm³/mol. The van der Waals surface area contributed by atoms with Crippen molar-refractivity contribution in [2.24, 2.45) is 52.1 Å². The van der Waals surface area contributed by atoms with Crippen LogP contribution in [0.1, 0.15) is 135 Å². The molecule has 4 unspecified atom stereocenters. The summed E-state index contributed by atoms with van der Waals surface area (Å²) in [5.41, 5.74) is 7.74. The zero-order valence-corrected chi connectivity index (χ0v) is 30.5. The zero-order chi connectivity index (χ0) is 33.2. The molecule has 1 saturated heterocycles. The fourth-order valence-electron chi connectivity index (χ4n) is 9.93. The molecule has 3 saturated carbocycles. The van der Waals surface area contributed by atoms with E-state index in [1.165, 1.54) is 57.4 Å². The highest BCUT2D eigenvalue weighted by atomic mass is 16.5. The molecule has 0 aromatic carbocycles. The van der Waals surface area contributed by atoms with Gasteiger partial charge in [0.2, 0.25) is 0 Å². The number of carbonyl (C=O) groups is 2.